The van der Waals surface area contributed by atoms with Crippen molar-refractivity contribution in [1.29, 1.82) is 0 Å². The molecular formula is C12H14BrIN2O. The third kappa shape index (κ3) is 3.42. The molecule has 0 saturated heterocycles. The summed E-state index contributed by atoms with van der Waals surface area (Å²) >= 11 is 5.67. The van der Waals surface area contributed by atoms with E-state index in [-0.39, 0.29) is 11.4 Å². The number of anilines is 1. The van der Waals surface area contributed by atoms with Crippen LogP contribution < -0.4 is 11.1 Å². The van der Waals surface area contributed by atoms with Crippen molar-refractivity contribution in [3.8, 4) is 0 Å². The number of amides is 1. The average Bonchev–Trinajstić information content (AvgIpc) is 2.20. The highest BCUT2D eigenvalue weighted by Gasteiger charge is 2.34. The minimum atomic E-state index is -0.264. The predicted octanol–water partition coefficient (Wildman–Crippen LogP) is 3.26. The Balaban J connectivity index is 1.98. The lowest BCUT2D eigenvalue weighted by Gasteiger charge is -2.37. The summed E-state index contributed by atoms with van der Waals surface area (Å²) in [5.74, 6) is -0.00546. The second-order valence-electron chi connectivity index (χ2n) is 4.57. The molecular weight excluding hydrogens is 395 g/mol. The van der Waals surface area contributed by atoms with Crippen molar-refractivity contribution in [3.05, 3.63) is 26.2 Å². The fourth-order valence-corrected chi connectivity index (χ4v) is 3.31. The quantitative estimate of drug-likeness (QED) is 0.754. The van der Waals surface area contributed by atoms with E-state index in [1.165, 1.54) is 0 Å². The molecule has 1 amide bonds. The smallest absolute Gasteiger partial charge is 0.226 e. The molecule has 2 rings (SSSR count). The molecule has 0 aromatic heterocycles. The predicted molar refractivity (Wildman–Crippen MR) is 80.9 cm³/mol. The second kappa shape index (κ2) is 5.24. The molecule has 1 saturated carbocycles. The first-order valence-electron chi connectivity index (χ1n) is 5.52. The van der Waals surface area contributed by atoms with Crippen LogP contribution >= 0.6 is 38.5 Å². The molecule has 0 radical (unpaired) electrons. The maximum atomic E-state index is 11.8. The zero-order chi connectivity index (χ0) is 12.5. The van der Waals surface area contributed by atoms with Gasteiger partial charge in [0.15, 0.2) is 0 Å². The normalized spacial score (nSPS) is 17.4. The summed E-state index contributed by atoms with van der Waals surface area (Å²) in [6.45, 7) is 0. The number of hydrogen-bond acceptors (Lipinski definition) is 2. The van der Waals surface area contributed by atoms with Gasteiger partial charge >= 0.3 is 0 Å². The van der Waals surface area contributed by atoms with Gasteiger partial charge in [-0.25, -0.2) is 0 Å². The maximum absolute atomic E-state index is 11.8. The number of carbonyl (C=O) groups excluding carboxylic acids is 1. The molecule has 0 unspecified atom stereocenters. The van der Waals surface area contributed by atoms with Crippen molar-refractivity contribution in [2.45, 2.75) is 31.2 Å². The van der Waals surface area contributed by atoms with Gasteiger partial charge in [-0.15, -0.1) is 0 Å². The standard InChI is InChI=1S/C12H14BrIN2O/c13-9-6-8(14)2-3-10(9)16-11(17)7-12(15)4-1-5-12/h2-3,6H,1,4-5,7,15H2,(H,16,17). The van der Waals surface area contributed by atoms with Crippen LogP contribution in [0, 0.1) is 3.57 Å². The Kier molecular flexibility index (Phi) is 4.10. The Labute approximate surface area is 123 Å². The summed E-state index contributed by atoms with van der Waals surface area (Å²) < 4.78 is 2.03. The van der Waals surface area contributed by atoms with Gasteiger partial charge in [0.2, 0.25) is 5.91 Å². The number of halogens is 2. The molecule has 1 aliphatic carbocycles. The number of rotatable bonds is 3. The van der Waals surface area contributed by atoms with E-state index in [1.54, 1.807) is 0 Å². The van der Waals surface area contributed by atoms with Gasteiger partial charge in [0.05, 0.1) is 5.69 Å². The van der Waals surface area contributed by atoms with Gasteiger partial charge in [-0.1, -0.05) is 0 Å². The third-order valence-electron chi connectivity index (χ3n) is 3.07. The first-order valence-corrected chi connectivity index (χ1v) is 7.39. The Morgan fingerprint density at radius 1 is 1.53 bits per heavy atom. The van der Waals surface area contributed by atoms with Crippen LogP contribution in [0.2, 0.25) is 0 Å². The Bertz CT molecular complexity index is 446. The molecule has 1 fully saturated rings. The Morgan fingerprint density at radius 3 is 2.76 bits per heavy atom. The molecule has 3 nitrogen and oxygen atoms in total. The van der Waals surface area contributed by atoms with Crippen LogP contribution in [0.15, 0.2) is 22.7 Å². The summed E-state index contributed by atoms with van der Waals surface area (Å²) in [6, 6.07) is 5.83. The van der Waals surface area contributed by atoms with E-state index in [0.717, 1.165) is 33.0 Å². The minimum absolute atomic E-state index is 0.00546. The molecule has 1 aromatic rings. The summed E-state index contributed by atoms with van der Waals surface area (Å²) in [6.07, 6.45) is 3.45. The highest BCUT2D eigenvalue weighted by Crippen LogP contribution is 2.33. The molecule has 1 aliphatic rings. The topological polar surface area (TPSA) is 55.1 Å². The summed E-state index contributed by atoms with van der Waals surface area (Å²) in [4.78, 5) is 11.8. The van der Waals surface area contributed by atoms with Crippen LogP contribution in [-0.4, -0.2) is 11.4 Å². The van der Waals surface area contributed by atoms with Gasteiger partial charge < -0.3 is 11.1 Å². The Morgan fingerprint density at radius 2 is 2.24 bits per heavy atom. The fourth-order valence-electron chi connectivity index (χ4n) is 1.91. The van der Waals surface area contributed by atoms with Crippen molar-refractivity contribution in [1.82, 2.24) is 0 Å². The van der Waals surface area contributed by atoms with Crippen LogP contribution in [0.1, 0.15) is 25.7 Å². The SMILES string of the molecule is NC1(CC(=O)Nc2ccc(I)cc2Br)CCC1. The molecule has 0 aliphatic heterocycles. The molecule has 92 valence electrons. The van der Waals surface area contributed by atoms with Gasteiger partial charge in [0.25, 0.3) is 0 Å². The lowest BCUT2D eigenvalue weighted by molar-refractivity contribution is -0.118. The van der Waals surface area contributed by atoms with Gasteiger partial charge in [-0.3, -0.25) is 4.79 Å². The summed E-state index contributed by atoms with van der Waals surface area (Å²) in [5.41, 5.74) is 6.59. The minimum Gasteiger partial charge on any atom is -0.325 e. The van der Waals surface area contributed by atoms with E-state index < -0.39 is 0 Å². The van der Waals surface area contributed by atoms with E-state index in [1.807, 2.05) is 18.2 Å². The van der Waals surface area contributed by atoms with Gasteiger partial charge in [-0.2, -0.15) is 0 Å². The number of carbonyl (C=O) groups is 1. The molecule has 1 aromatic carbocycles. The molecule has 0 spiro atoms. The molecule has 0 bridgehead atoms. The average molecular weight is 409 g/mol. The van der Waals surface area contributed by atoms with Crippen LogP contribution in [0.3, 0.4) is 0 Å². The van der Waals surface area contributed by atoms with Gasteiger partial charge in [0, 0.05) is 20.0 Å². The zero-order valence-corrected chi connectivity index (χ0v) is 13.0. The molecule has 17 heavy (non-hydrogen) atoms. The molecule has 0 atom stereocenters. The summed E-state index contributed by atoms with van der Waals surface area (Å²) in [5, 5.41) is 2.89. The lowest BCUT2D eigenvalue weighted by atomic mass is 9.75. The van der Waals surface area contributed by atoms with E-state index >= 15 is 0 Å². The molecule has 0 heterocycles. The van der Waals surface area contributed by atoms with Crippen LogP contribution in [0.5, 0.6) is 0 Å². The van der Waals surface area contributed by atoms with E-state index in [9.17, 15) is 4.79 Å². The van der Waals surface area contributed by atoms with Crippen molar-refractivity contribution >= 4 is 50.1 Å². The third-order valence-corrected chi connectivity index (χ3v) is 4.39. The van der Waals surface area contributed by atoms with Crippen molar-refractivity contribution in [3.63, 3.8) is 0 Å². The van der Waals surface area contributed by atoms with Crippen LogP contribution in [0.4, 0.5) is 5.69 Å². The fraction of sp³-hybridized carbons (Fsp3) is 0.417. The monoisotopic (exact) mass is 408 g/mol. The van der Waals surface area contributed by atoms with Crippen LogP contribution in [0.25, 0.3) is 0 Å². The van der Waals surface area contributed by atoms with Crippen molar-refractivity contribution in [2.75, 3.05) is 5.32 Å². The van der Waals surface area contributed by atoms with Crippen molar-refractivity contribution in [2.24, 2.45) is 5.73 Å². The van der Waals surface area contributed by atoms with E-state index in [0.29, 0.717) is 6.42 Å². The summed E-state index contributed by atoms with van der Waals surface area (Å²) in [7, 11) is 0. The number of benzene rings is 1. The first-order chi connectivity index (χ1) is 7.98. The molecule has 5 heteroatoms. The molecule has 3 N–H and O–H groups in total. The Hall–Kier alpha value is -0.140. The van der Waals surface area contributed by atoms with Crippen molar-refractivity contribution < 1.29 is 4.79 Å². The van der Waals surface area contributed by atoms with E-state index in [2.05, 4.69) is 43.8 Å². The van der Waals surface area contributed by atoms with Crippen LogP contribution in [-0.2, 0) is 4.79 Å². The largest absolute Gasteiger partial charge is 0.325 e. The van der Waals surface area contributed by atoms with Gasteiger partial charge in [0.1, 0.15) is 0 Å². The maximum Gasteiger partial charge on any atom is 0.226 e. The van der Waals surface area contributed by atoms with Gasteiger partial charge in [-0.05, 0) is 76.0 Å². The number of nitrogens with one attached hydrogen (secondary N) is 1. The first kappa shape index (κ1) is 13.3. The zero-order valence-electron chi connectivity index (χ0n) is 9.30. The number of hydrogen-bond donors (Lipinski definition) is 2. The highest BCUT2D eigenvalue weighted by molar-refractivity contribution is 14.1. The highest BCUT2D eigenvalue weighted by atomic mass is 127. The second-order valence-corrected chi connectivity index (χ2v) is 6.67. The lowest BCUT2D eigenvalue weighted by Crippen LogP contribution is -2.48. The number of nitrogens with two attached hydrogens (primary N) is 1. The van der Waals surface area contributed by atoms with E-state index in [4.69, 9.17) is 5.73 Å².